The van der Waals surface area contributed by atoms with Crippen molar-refractivity contribution in [1.29, 1.82) is 0 Å². The van der Waals surface area contributed by atoms with Gasteiger partial charge in [0.2, 0.25) is 0 Å². The van der Waals surface area contributed by atoms with E-state index in [-0.39, 0.29) is 17.9 Å². The molecule has 0 aliphatic rings. The molecule has 2 aromatic heterocycles. The summed E-state index contributed by atoms with van der Waals surface area (Å²) in [5, 5.41) is 18.5. The van der Waals surface area contributed by atoms with Gasteiger partial charge < -0.3 is 30.0 Å². The maximum absolute atomic E-state index is 14.0. The fourth-order valence-corrected chi connectivity index (χ4v) is 6.06. The van der Waals surface area contributed by atoms with E-state index in [0.717, 1.165) is 28.6 Å². The summed E-state index contributed by atoms with van der Waals surface area (Å²) in [5.74, 6) is -0.740. The number of nitrogens with one attached hydrogen (secondary N) is 3. The van der Waals surface area contributed by atoms with E-state index < -0.39 is 29.2 Å². The predicted octanol–water partition coefficient (Wildman–Crippen LogP) is 7.30. The molecule has 0 fully saturated rings. The number of methoxy groups -OCH3 is 1. The quantitative estimate of drug-likeness (QED) is 0.140. The zero-order chi connectivity index (χ0) is 33.3. The first-order valence-electron chi connectivity index (χ1n) is 14.8. The van der Waals surface area contributed by atoms with Gasteiger partial charge in [-0.2, -0.15) is 13.2 Å². The van der Waals surface area contributed by atoms with Crippen LogP contribution in [0.5, 0.6) is 11.5 Å². The van der Waals surface area contributed by atoms with Gasteiger partial charge in [0, 0.05) is 35.6 Å². The summed E-state index contributed by atoms with van der Waals surface area (Å²) in [6, 6.07) is 25.4. The number of aromatic nitrogens is 2. The minimum absolute atomic E-state index is 0.0145. The van der Waals surface area contributed by atoms with Gasteiger partial charge in [-0.1, -0.05) is 54.6 Å². The van der Waals surface area contributed by atoms with Crippen molar-refractivity contribution in [2.75, 3.05) is 19.0 Å². The minimum atomic E-state index is -4.56. The highest BCUT2D eigenvalue weighted by atomic mass is 19.4. The maximum atomic E-state index is 14.0. The van der Waals surface area contributed by atoms with Crippen LogP contribution in [0.15, 0.2) is 102 Å². The highest BCUT2D eigenvalue weighted by molar-refractivity contribution is 5.91. The number of benzene rings is 4. The molecule has 2 amide bonds. The Labute approximate surface area is 267 Å². The van der Waals surface area contributed by atoms with Crippen LogP contribution in [0, 0.1) is 0 Å². The molecule has 0 spiro atoms. The van der Waals surface area contributed by atoms with Crippen LogP contribution < -0.4 is 20.9 Å². The van der Waals surface area contributed by atoms with Gasteiger partial charge in [0.05, 0.1) is 35.4 Å². The fraction of sp³-hybridized carbons (Fsp3) is 0.167. The second-order valence-electron chi connectivity index (χ2n) is 11.1. The van der Waals surface area contributed by atoms with Crippen LogP contribution in [0.3, 0.4) is 0 Å². The number of ether oxygens (including phenoxy) is 1. The third-order valence-corrected chi connectivity index (χ3v) is 8.32. The number of carbonyl (C=O) groups is 1. The maximum Gasteiger partial charge on any atom is 0.416 e. The Kier molecular flexibility index (Phi) is 8.38. The van der Waals surface area contributed by atoms with Crippen molar-refractivity contribution < 1.29 is 27.8 Å². The SMILES string of the molecule is COc1ccccc1NC(=O)NCCc1c(C(c2ccc(C(F)(F)F)cc2)c2c(O)c3ccccc3n(C)c2=O)[nH]c2ccccc12. The third kappa shape index (κ3) is 5.99. The number of urea groups is 1. The number of halogens is 3. The number of carbonyl (C=O) groups excluding carboxylic acids is 1. The monoisotopic (exact) mass is 640 g/mol. The average Bonchev–Trinajstić information content (AvgIpc) is 3.43. The molecule has 4 aromatic carbocycles. The number of rotatable bonds is 8. The highest BCUT2D eigenvalue weighted by Crippen LogP contribution is 2.42. The molecule has 0 saturated carbocycles. The van der Waals surface area contributed by atoms with Gasteiger partial charge in [-0.15, -0.1) is 0 Å². The molecule has 6 rings (SSSR count). The number of anilines is 1. The fourth-order valence-electron chi connectivity index (χ4n) is 6.06. The molecule has 1 unspecified atom stereocenters. The van der Waals surface area contributed by atoms with Gasteiger partial charge in [-0.05, 0) is 60.0 Å². The molecular weight excluding hydrogens is 609 g/mol. The number of H-pyrrole nitrogens is 1. The molecule has 2 heterocycles. The second-order valence-corrected chi connectivity index (χ2v) is 11.1. The molecule has 1 atom stereocenters. The van der Waals surface area contributed by atoms with Crippen LogP contribution in [0.4, 0.5) is 23.7 Å². The molecule has 0 aliphatic heterocycles. The first-order valence-corrected chi connectivity index (χ1v) is 14.8. The number of hydrogen-bond acceptors (Lipinski definition) is 4. The third-order valence-electron chi connectivity index (χ3n) is 8.32. The second kappa shape index (κ2) is 12.6. The lowest BCUT2D eigenvalue weighted by molar-refractivity contribution is -0.137. The van der Waals surface area contributed by atoms with Gasteiger partial charge in [0.15, 0.2) is 0 Å². The van der Waals surface area contributed by atoms with Crippen LogP contribution in [-0.4, -0.2) is 34.3 Å². The first-order chi connectivity index (χ1) is 22.6. The molecule has 4 N–H and O–H groups in total. The van der Waals surface area contributed by atoms with E-state index in [1.165, 1.54) is 23.8 Å². The van der Waals surface area contributed by atoms with Crippen molar-refractivity contribution in [3.05, 3.63) is 135 Å². The summed E-state index contributed by atoms with van der Waals surface area (Å²) in [4.78, 5) is 30.2. The Morgan fingerprint density at radius 1 is 0.936 bits per heavy atom. The Hall–Kier alpha value is -5.71. The number of pyridine rings is 1. The summed E-state index contributed by atoms with van der Waals surface area (Å²) >= 11 is 0. The van der Waals surface area contributed by atoms with E-state index in [0.29, 0.717) is 40.0 Å². The largest absolute Gasteiger partial charge is 0.507 e. The number of fused-ring (bicyclic) bond motifs is 2. The molecule has 8 nitrogen and oxygen atoms in total. The number of para-hydroxylation sites is 4. The standard InChI is InChI=1S/C36H31F3N4O4/c1-43-28-13-7-4-10-25(28)33(44)31(34(43)45)30(21-15-17-22(18-16-21)36(37,38)39)32-24(23-9-3-5-11-26(23)41-32)19-20-40-35(46)42-27-12-6-8-14-29(27)47-2/h3-18,30,41,44H,19-20H2,1-2H3,(H2,40,42,46). The van der Waals surface area contributed by atoms with Crippen LogP contribution in [0.2, 0.25) is 0 Å². The molecule has 0 saturated heterocycles. The van der Waals surface area contributed by atoms with Crippen molar-refractivity contribution in [3.8, 4) is 11.5 Å². The Bertz CT molecular complexity index is 2150. The van der Waals surface area contributed by atoms with Gasteiger partial charge in [0.25, 0.3) is 5.56 Å². The molecule has 47 heavy (non-hydrogen) atoms. The van der Waals surface area contributed by atoms with Crippen molar-refractivity contribution in [3.63, 3.8) is 0 Å². The van der Waals surface area contributed by atoms with Crippen LogP contribution in [0.1, 0.15) is 33.9 Å². The average molecular weight is 641 g/mol. The zero-order valence-electron chi connectivity index (χ0n) is 25.5. The molecule has 0 aliphatic carbocycles. The van der Waals surface area contributed by atoms with E-state index in [1.807, 2.05) is 24.3 Å². The Balaban J connectivity index is 1.46. The van der Waals surface area contributed by atoms with Gasteiger partial charge in [0.1, 0.15) is 11.5 Å². The number of aryl methyl sites for hydroxylation is 1. The summed E-state index contributed by atoms with van der Waals surface area (Å²) in [6.07, 6.45) is -4.26. The summed E-state index contributed by atoms with van der Waals surface area (Å²) in [7, 11) is 3.10. The molecule has 11 heteroatoms. The van der Waals surface area contributed by atoms with E-state index >= 15 is 0 Å². The van der Waals surface area contributed by atoms with E-state index in [4.69, 9.17) is 4.74 Å². The molecule has 0 bridgehead atoms. The van der Waals surface area contributed by atoms with E-state index in [1.54, 1.807) is 55.6 Å². The Morgan fingerprint density at radius 3 is 2.32 bits per heavy atom. The number of amides is 2. The number of alkyl halides is 3. The van der Waals surface area contributed by atoms with Crippen LogP contribution in [0.25, 0.3) is 21.8 Å². The number of aromatic amines is 1. The number of hydrogen-bond donors (Lipinski definition) is 4. The molecular formula is C36H31F3N4O4. The lowest BCUT2D eigenvalue weighted by Crippen LogP contribution is -2.31. The van der Waals surface area contributed by atoms with Gasteiger partial charge >= 0.3 is 12.2 Å². The minimum Gasteiger partial charge on any atom is -0.507 e. The van der Waals surface area contributed by atoms with Crippen LogP contribution >= 0.6 is 0 Å². The zero-order valence-corrected chi connectivity index (χ0v) is 25.5. The number of aromatic hydroxyl groups is 1. The summed E-state index contributed by atoms with van der Waals surface area (Å²) < 4.78 is 47.4. The topological polar surface area (TPSA) is 108 Å². The van der Waals surface area contributed by atoms with E-state index in [2.05, 4.69) is 15.6 Å². The normalized spacial score (nSPS) is 12.3. The lowest BCUT2D eigenvalue weighted by Gasteiger charge is -2.22. The van der Waals surface area contributed by atoms with Crippen LogP contribution in [-0.2, 0) is 19.6 Å². The van der Waals surface area contributed by atoms with Gasteiger partial charge in [-0.25, -0.2) is 4.79 Å². The summed E-state index contributed by atoms with van der Waals surface area (Å²) in [5.41, 5.74) is 2.03. The molecule has 6 aromatic rings. The van der Waals surface area contributed by atoms with Crippen molar-refractivity contribution in [2.24, 2.45) is 7.05 Å². The molecule has 240 valence electrons. The Morgan fingerprint density at radius 2 is 1.60 bits per heavy atom. The predicted molar refractivity (Wildman–Crippen MR) is 175 cm³/mol. The van der Waals surface area contributed by atoms with Crippen molar-refractivity contribution in [1.82, 2.24) is 14.9 Å². The summed E-state index contributed by atoms with van der Waals surface area (Å²) in [6.45, 7) is 0.178. The van der Waals surface area contributed by atoms with Crippen molar-refractivity contribution in [2.45, 2.75) is 18.5 Å². The van der Waals surface area contributed by atoms with E-state index in [9.17, 15) is 27.9 Å². The smallest absolute Gasteiger partial charge is 0.416 e. The first kappa shape index (κ1) is 31.3. The lowest BCUT2D eigenvalue weighted by atomic mass is 9.84. The highest BCUT2D eigenvalue weighted by Gasteiger charge is 2.33. The molecule has 0 radical (unpaired) electrons. The van der Waals surface area contributed by atoms with Crippen molar-refractivity contribution >= 4 is 33.5 Å². The number of nitrogens with zero attached hydrogens (tertiary/aromatic N) is 1. The van der Waals surface area contributed by atoms with Gasteiger partial charge in [-0.3, -0.25) is 4.79 Å².